The summed E-state index contributed by atoms with van der Waals surface area (Å²) < 4.78 is 2.52. The van der Waals surface area contributed by atoms with E-state index >= 15 is 0 Å². The molecule has 3 nitrogen and oxygen atoms in total. The molecule has 0 bridgehead atoms. The Morgan fingerprint density at radius 1 is 0.475 bits per heavy atom. The SMILES string of the molecule is CC12CCCCC1(C)N1c3cc4c5ccccc5n(-c5ccccc5)c4cc3B3c4cccc5c4N(c4ccccc4C54c5ccccc5-c5ccccc54)c4ccc2c1c43. The normalized spacial score (nSPS) is 21.2. The highest BCUT2D eigenvalue weighted by atomic mass is 15.3. The quantitative estimate of drug-likeness (QED) is 0.154. The fraction of sp³-hybridized carbons (Fsp3) is 0.158. The van der Waals surface area contributed by atoms with Crippen molar-refractivity contribution in [2.75, 3.05) is 9.80 Å². The first-order chi connectivity index (χ1) is 30.0. The summed E-state index contributed by atoms with van der Waals surface area (Å²) in [5, 5.41) is 2.63. The highest BCUT2D eigenvalue weighted by Gasteiger charge is 2.63. The maximum atomic E-state index is 2.88. The molecule has 288 valence electrons. The van der Waals surface area contributed by atoms with Crippen LogP contribution >= 0.6 is 0 Å². The summed E-state index contributed by atoms with van der Waals surface area (Å²) in [4.78, 5) is 5.58. The molecule has 15 rings (SSSR count). The van der Waals surface area contributed by atoms with Crippen LogP contribution in [0.5, 0.6) is 0 Å². The molecular formula is C57H42BN3. The molecule has 4 heteroatoms. The number of para-hydroxylation sites is 4. The molecule has 2 unspecified atom stereocenters. The largest absolute Gasteiger partial charge is 0.335 e. The monoisotopic (exact) mass is 779 g/mol. The molecule has 1 aromatic heterocycles. The molecule has 0 N–H and O–H groups in total. The van der Waals surface area contributed by atoms with Crippen LogP contribution in [0.2, 0.25) is 0 Å². The van der Waals surface area contributed by atoms with E-state index < -0.39 is 5.41 Å². The molecule has 2 aliphatic carbocycles. The smallest absolute Gasteiger partial charge is 0.252 e. The summed E-state index contributed by atoms with van der Waals surface area (Å²) in [6.07, 6.45) is 4.91. The Bertz CT molecular complexity index is 3410. The van der Waals surface area contributed by atoms with Gasteiger partial charge in [0.15, 0.2) is 0 Å². The molecule has 8 aromatic carbocycles. The van der Waals surface area contributed by atoms with Gasteiger partial charge in [-0.2, -0.15) is 0 Å². The van der Waals surface area contributed by atoms with Gasteiger partial charge >= 0.3 is 0 Å². The number of hydrogen-bond donors (Lipinski definition) is 0. The number of aromatic nitrogens is 1. The van der Waals surface area contributed by atoms with Gasteiger partial charge in [0.05, 0.1) is 27.7 Å². The molecule has 1 saturated carbocycles. The van der Waals surface area contributed by atoms with E-state index in [4.69, 9.17) is 0 Å². The average Bonchev–Trinajstić information content (AvgIpc) is 3.87. The minimum atomic E-state index is -0.455. The molecule has 0 saturated heterocycles. The van der Waals surface area contributed by atoms with Crippen LogP contribution in [0.25, 0.3) is 38.6 Å². The van der Waals surface area contributed by atoms with Crippen molar-refractivity contribution >= 4 is 73.3 Å². The Morgan fingerprint density at radius 2 is 1.16 bits per heavy atom. The third-order valence-electron chi connectivity index (χ3n) is 16.7. The Labute approximate surface area is 356 Å². The molecule has 1 fully saturated rings. The zero-order chi connectivity index (χ0) is 40.0. The van der Waals surface area contributed by atoms with Crippen LogP contribution in [0.1, 0.15) is 67.3 Å². The lowest BCUT2D eigenvalue weighted by atomic mass is 9.33. The number of anilines is 5. The summed E-state index contributed by atoms with van der Waals surface area (Å²) in [5.74, 6) is 0. The molecule has 9 aromatic rings. The topological polar surface area (TPSA) is 11.4 Å². The zero-order valence-corrected chi connectivity index (χ0v) is 34.4. The molecule has 1 spiro atoms. The van der Waals surface area contributed by atoms with Crippen LogP contribution in [0.15, 0.2) is 170 Å². The van der Waals surface area contributed by atoms with Crippen LogP contribution in [-0.4, -0.2) is 16.8 Å². The van der Waals surface area contributed by atoms with E-state index in [2.05, 4.69) is 198 Å². The second-order valence-corrected chi connectivity index (χ2v) is 19.0. The summed E-state index contributed by atoms with van der Waals surface area (Å²) in [5.41, 5.74) is 24.1. The van der Waals surface area contributed by atoms with E-state index in [1.165, 1.54) is 137 Å². The van der Waals surface area contributed by atoms with Crippen LogP contribution in [0, 0.1) is 0 Å². The first kappa shape index (κ1) is 33.0. The lowest BCUT2D eigenvalue weighted by Gasteiger charge is -2.53. The second kappa shape index (κ2) is 10.9. The summed E-state index contributed by atoms with van der Waals surface area (Å²) in [6.45, 7) is 5.25. The van der Waals surface area contributed by atoms with Gasteiger partial charge < -0.3 is 14.4 Å². The Kier molecular flexibility index (Phi) is 5.92. The zero-order valence-electron chi connectivity index (χ0n) is 34.4. The van der Waals surface area contributed by atoms with Gasteiger partial charge in [-0.05, 0) is 118 Å². The van der Waals surface area contributed by atoms with Crippen molar-refractivity contribution in [3.05, 3.63) is 198 Å². The average molecular weight is 780 g/mol. The molecule has 5 heterocycles. The first-order valence-corrected chi connectivity index (χ1v) is 22.4. The maximum absolute atomic E-state index is 2.88. The molecule has 2 atom stereocenters. The second-order valence-electron chi connectivity index (χ2n) is 19.0. The third kappa shape index (κ3) is 3.55. The highest BCUT2D eigenvalue weighted by Crippen LogP contribution is 2.66. The first-order valence-electron chi connectivity index (χ1n) is 22.4. The number of nitrogens with zero attached hydrogens (tertiary/aromatic N) is 3. The van der Waals surface area contributed by atoms with Crippen LogP contribution < -0.4 is 26.2 Å². The predicted molar refractivity (Wildman–Crippen MR) is 254 cm³/mol. The summed E-state index contributed by atoms with van der Waals surface area (Å²) >= 11 is 0. The maximum Gasteiger partial charge on any atom is 0.252 e. The predicted octanol–water partition coefficient (Wildman–Crippen LogP) is 11.8. The van der Waals surface area contributed by atoms with Gasteiger partial charge in [0.25, 0.3) is 6.71 Å². The minimum Gasteiger partial charge on any atom is -0.335 e. The molecule has 61 heavy (non-hydrogen) atoms. The van der Waals surface area contributed by atoms with Crippen LogP contribution in [-0.2, 0) is 10.8 Å². The van der Waals surface area contributed by atoms with Crippen molar-refractivity contribution < 1.29 is 0 Å². The fourth-order valence-corrected chi connectivity index (χ4v) is 14.1. The highest BCUT2D eigenvalue weighted by molar-refractivity contribution is 7.00. The van der Waals surface area contributed by atoms with Gasteiger partial charge in [0.1, 0.15) is 0 Å². The van der Waals surface area contributed by atoms with Crippen molar-refractivity contribution in [2.45, 2.75) is 55.9 Å². The van der Waals surface area contributed by atoms with E-state index in [-0.39, 0.29) is 17.7 Å². The lowest BCUT2D eigenvalue weighted by Crippen LogP contribution is -2.65. The molecule has 0 radical (unpaired) electrons. The van der Waals surface area contributed by atoms with Gasteiger partial charge in [-0.1, -0.05) is 147 Å². The number of hydrogen-bond acceptors (Lipinski definition) is 2. The summed E-state index contributed by atoms with van der Waals surface area (Å²) in [6, 6.07) is 65.5. The Hall–Kier alpha value is -6.78. The van der Waals surface area contributed by atoms with Crippen molar-refractivity contribution in [2.24, 2.45) is 0 Å². The van der Waals surface area contributed by atoms with Crippen LogP contribution in [0.3, 0.4) is 0 Å². The third-order valence-corrected chi connectivity index (χ3v) is 16.7. The van der Waals surface area contributed by atoms with E-state index in [1.54, 1.807) is 0 Å². The Balaban J connectivity index is 1.11. The standard InChI is InChI=1S/C57H42BN3/c1-55-31-14-15-32-56(55,2)61-51-33-39-38-21-8-12-27-47(38)59(35-17-4-3-5-18-35)50(39)34-46(51)58-45-26-16-25-44-53(45)60(49-30-29-43(55)54(61)52(49)58)48-28-13-11-24-42(48)57(44)40-22-9-6-19-36(40)37-20-7-10-23-41(37)57/h3-13,16-30,33-34H,14-15,31-32H2,1-2H3. The van der Waals surface area contributed by atoms with Crippen molar-refractivity contribution in [3.63, 3.8) is 0 Å². The lowest BCUT2D eigenvalue weighted by molar-refractivity contribution is 0.195. The van der Waals surface area contributed by atoms with Gasteiger partial charge in [0, 0.05) is 44.6 Å². The van der Waals surface area contributed by atoms with Gasteiger partial charge in [-0.3, -0.25) is 0 Å². The van der Waals surface area contributed by atoms with E-state index in [9.17, 15) is 0 Å². The minimum absolute atomic E-state index is 0.0258. The van der Waals surface area contributed by atoms with Gasteiger partial charge in [-0.25, -0.2) is 0 Å². The van der Waals surface area contributed by atoms with Crippen LogP contribution in [0.4, 0.5) is 28.4 Å². The summed E-state index contributed by atoms with van der Waals surface area (Å²) in [7, 11) is 0. The van der Waals surface area contributed by atoms with Crippen molar-refractivity contribution in [3.8, 4) is 16.8 Å². The van der Waals surface area contributed by atoms with Gasteiger partial charge in [0.2, 0.25) is 0 Å². The Morgan fingerprint density at radius 3 is 1.98 bits per heavy atom. The number of fused-ring (bicyclic) bond motifs is 20. The fourth-order valence-electron chi connectivity index (χ4n) is 14.1. The molecule has 6 aliphatic rings. The number of benzene rings is 8. The number of rotatable bonds is 1. The van der Waals surface area contributed by atoms with Crippen molar-refractivity contribution in [1.29, 1.82) is 0 Å². The molecular weight excluding hydrogens is 737 g/mol. The van der Waals surface area contributed by atoms with E-state index in [0.29, 0.717) is 0 Å². The van der Waals surface area contributed by atoms with Gasteiger partial charge in [-0.15, -0.1) is 0 Å². The van der Waals surface area contributed by atoms with Crippen molar-refractivity contribution in [1.82, 2.24) is 4.57 Å². The molecule has 0 amide bonds. The van der Waals surface area contributed by atoms with E-state index in [1.807, 2.05) is 0 Å². The van der Waals surface area contributed by atoms with E-state index in [0.717, 1.165) is 0 Å². The molecule has 4 aliphatic heterocycles.